The maximum atomic E-state index is 10.4. The standard InChI is InChI=1S/C17H34O5/c1-10(8-11(2)15(22-7)12(3)9-18)14(19)13(4)16(20)17(5,6)21/h8,11-16,18-21H,9H2,1-7H3/b10-8+/t11-,12-,13-,14+,15+,16?/m0/s1. The van der Waals surface area contributed by atoms with E-state index in [9.17, 15) is 20.4 Å². The van der Waals surface area contributed by atoms with Crippen LogP contribution in [-0.2, 0) is 4.74 Å². The summed E-state index contributed by atoms with van der Waals surface area (Å²) in [4.78, 5) is 0. The van der Waals surface area contributed by atoms with Crippen LogP contribution < -0.4 is 0 Å². The Hall–Kier alpha value is -0.460. The monoisotopic (exact) mass is 318 g/mol. The fourth-order valence-corrected chi connectivity index (χ4v) is 2.91. The Balaban J connectivity index is 5.03. The van der Waals surface area contributed by atoms with Gasteiger partial charge in [-0.05, 0) is 26.3 Å². The number of aliphatic hydroxyl groups is 4. The summed E-state index contributed by atoms with van der Waals surface area (Å²) in [6, 6.07) is 0. The quantitative estimate of drug-likeness (QED) is 0.482. The van der Waals surface area contributed by atoms with E-state index in [1.54, 1.807) is 21.0 Å². The highest BCUT2D eigenvalue weighted by Gasteiger charge is 2.34. The molecule has 0 spiro atoms. The molecular formula is C17H34O5. The minimum atomic E-state index is -1.27. The second-order valence-corrected chi connectivity index (χ2v) is 7.03. The molecule has 22 heavy (non-hydrogen) atoms. The van der Waals surface area contributed by atoms with Crippen molar-refractivity contribution < 1.29 is 25.2 Å². The Kier molecular flexibility index (Phi) is 8.80. The maximum absolute atomic E-state index is 10.4. The second-order valence-electron chi connectivity index (χ2n) is 7.03. The summed E-state index contributed by atoms with van der Waals surface area (Å²) in [6.45, 7) is 10.5. The molecule has 0 bridgehead atoms. The lowest BCUT2D eigenvalue weighted by molar-refractivity contribution is -0.0930. The van der Waals surface area contributed by atoms with Crippen molar-refractivity contribution >= 4 is 0 Å². The van der Waals surface area contributed by atoms with Gasteiger partial charge in [-0.25, -0.2) is 0 Å². The highest BCUT2D eigenvalue weighted by Crippen LogP contribution is 2.25. The van der Waals surface area contributed by atoms with E-state index in [0.717, 1.165) is 5.57 Å². The number of methoxy groups -OCH3 is 1. The molecule has 0 aromatic rings. The largest absolute Gasteiger partial charge is 0.396 e. The lowest BCUT2D eigenvalue weighted by atomic mass is 9.83. The molecule has 0 aliphatic carbocycles. The van der Waals surface area contributed by atoms with Gasteiger partial charge in [0.1, 0.15) is 0 Å². The molecule has 0 fully saturated rings. The van der Waals surface area contributed by atoms with Crippen LogP contribution in [0.1, 0.15) is 41.5 Å². The van der Waals surface area contributed by atoms with Gasteiger partial charge in [-0.2, -0.15) is 0 Å². The summed E-state index contributed by atoms with van der Waals surface area (Å²) in [5, 5.41) is 39.6. The van der Waals surface area contributed by atoms with Gasteiger partial charge < -0.3 is 25.2 Å². The SMILES string of the molecule is CO[C@H]([C@@H](C)/C=C(\C)[C@@H](O)[C@H](C)C(O)C(C)(C)O)[C@@H](C)CO. The molecule has 0 saturated heterocycles. The van der Waals surface area contributed by atoms with E-state index >= 15 is 0 Å². The number of hydrogen-bond donors (Lipinski definition) is 4. The molecule has 0 heterocycles. The van der Waals surface area contributed by atoms with Crippen LogP contribution in [0.3, 0.4) is 0 Å². The first kappa shape index (κ1) is 21.5. The zero-order valence-electron chi connectivity index (χ0n) is 14.9. The number of rotatable bonds is 9. The molecular weight excluding hydrogens is 284 g/mol. The van der Waals surface area contributed by atoms with Crippen molar-refractivity contribution in [3.05, 3.63) is 11.6 Å². The normalized spacial score (nSPS) is 21.9. The zero-order chi connectivity index (χ0) is 17.7. The topological polar surface area (TPSA) is 90.2 Å². The van der Waals surface area contributed by atoms with Crippen LogP contribution in [0.25, 0.3) is 0 Å². The van der Waals surface area contributed by atoms with Crippen molar-refractivity contribution in [1.29, 1.82) is 0 Å². The summed E-state index contributed by atoms with van der Waals surface area (Å²) in [5.41, 5.74) is -0.553. The second kappa shape index (κ2) is 8.99. The summed E-state index contributed by atoms with van der Waals surface area (Å²) in [5.74, 6) is -0.506. The molecule has 5 nitrogen and oxygen atoms in total. The maximum Gasteiger partial charge on any atom is 0.0874 e. The first-order valence-corrected chi connectivity index (χ1v) is 7.87. The third-order valence-electron chi connectivity index (χ3n) is 4.35. The van der Waals surface area contributed by atoms with Gasteiger partial charge in [0.15, 0.2) is 0 Å². The van der Waals surface area contributed by atoms with Crippen LogP contribution in [0.2, 0.25) is 0 Å². The molecule has 5 heteroatoms. The van der Waals surface area contributed by atoms with E-state index < -0.39 is 23.7 Å². The van der Waals surface area contributed by atoms with E-state index in [-0.39, 0.29) is 24.5 Å². The molecule has 0 radical (unpaired) electrons. The molecule has 1 unspecified atom stereocenters. The van der Waals surface area contributed by atoms with Gasteiger partial charge in [-0.15, -0.1) is 0 Å². The molecule has 0 saturated carbocycles. The van der Waals surface area contributed by atoms with Gasteiger partial charge in [0.25, 0.3) is 0 Å². The van der Waals surface area contributed by atoms with E-state index in [4.69, 9.17) is 4.74 Å². The van der Waals surface area contributed by atoms with Gasteiger partial charge in [0.2, 0.25) is 0 Å². The molecule has 0 aliphatic rings. The molecule has 0 aliphatic heterocycles. The average molecular weight is 318 g/mol. The summed E-state index contributed by atoms with van der Waals surface area (Å²) in [7, 11) is 1.60. The van der Waals surface area contributed by atoms with Crippen LogP contribution in [0.5, 0.6) is 0 Å². The minimum absolute atomic E-state index is 0.00767. The lowest BCUT2D eigenvalue weighted by Gasteiger charge is -2.33. The van der Waals surface area contributed by atoms with E-state index in [2.05, 4.69) is 0 Å². The van der Waals surface area contributed by atoms with Gasteiger partial charge in [-0.3, -0.25) is 0 Å². The van der Waals surface area contributed by atoms with Crippen molar-refractivity contribution in [3.8, 4) is 0 Å². The first-order valence-electron chi connectivity index (χ1n) is 7.87. The molecule has 0 aromatic carbocycles. The van der Waals surface area contributed by atoms with Crippen molar-refractivity contribution in [3.63, 3.8) is 0 Å². The Bertz CT molecular complexity index is 347. The molecule has 132 valence electrons. The van der Waals surface area contributed by atoms with Gasteiger partial charge >= 0.3 is 0 Å². The highest BCUT2D eigenvalue weighted by atomic mass is 16.5. The van der Waals surface area contributed by atoms with Crippen LogP contribution in [0.4, 0.5) is 0 Å². The van der Waals surface area contributed by atoms with Crippen LogP contribution in [0.15, 0.2) is 11.6 Å². The molecule has 0 amide bonds. The average Bonchev–Trinajstić information content (AvgIpc) is 2.44. The number of hydrogen-bond acceptors (Lipinski definition) is 5. The number of ether oxygens (including phenoxy) is 1. The summed E-state index contributed by atoms with van der Waals surface area (Å²) >= 11 is 0. The Labute approximate surface area is 134 Å². The summed E-state index contributed by atoms with van der Waals surface area (Å²) < 4.78 is 5.43. The third-order valence-corrected chi connectivity index (χ3v) is 4.35. The van der Waals surface area contributed by atoms with E-state index in [1.165, 1.54) is 13.8 Å². The fourth-order valence-electron chi connectivity index (χ4n) is 2.91. The van der Waals surface area contributed by atoms with Crippen molar-refractivity contribution in [2.75, 3.05) is 13.7 Å². The van der Waals surface area contributed by atoms with E-state index in [0.29, 0.717) is 0 Å². The third kappa shape index (κ3) is 5.97. The first-order chi connectivity index (χ1) is 9.97. The van der Waals surface area contributed by atoms with Crippen LogP contribution in [-0.4, -0.2) is 58.1 Å². The van der Waals surface area contributed by atoms with Gasteiger partial charge in [0, 0.05) is 31.5 Å². The van der Waals surface area contributed by atoms with Crippen molar-refractivity contribution in [2.24, 2.45) is 17.8 Å². The Morgan fingerprint density at radius 2 is 1.68 bits per heavy atom. The molecule has 0 rings (SSSR count). The highest BCUT2D eigenvalue weighted by molar-refractivity contribution is 5.10. The Morgan fingerprint density at radius 1 is 1.18 bits per heavy atom. The lowest BCUT2D eigenvalue weighted by Crippen LogP contribution is -2.45. The van der Waals surface area contributed by atoms with Crippen LogP contribution >= 0.6 is 0 Å². The van der Waals surface area contributed by atoms with Crippen molar-refractivity contribution in [2.45, 2.75) is 65.5 Å². The van der Waals surface area contributed by atoms with Crippen LogP contribution in [0, 0.1) is 17.8 Å². The molecule has 6 atom stereocenters. The predicted molar refractivity (Wildman–Crippen MR) is 87.4 cm³/mol. The predicted octanol–water partition coefficient (Wildman–Crippen LogP) is 1.34. The number of aliphatic hydroxyl groups excluding tert-OH is 3. The summed E-state index contributed by atoms with van der Waals surface area (Å²) in [6.07, 6.45) is -0.137. The van der Waals surface area contributed by atoms with Gasteiger partial charge in [-0.1, -0.05) is 26.8 Å². The van der Waals surface area contributed by atoms with Gasteiger partial charge in [0.05, 0.1) is 23.9 Å². The smallest absolute Gasteiger partial charge is 0.0874 e. The fraction of sp³-hybridized carbons (Fsp3) is 0.882. The zero-order valence-corrected chi connectivity index (χ0v) is 14.9. The Morgan fingerprint density at radius 3 is 2.05 bits per heavy atom. The van der Waals surface area contributed by atoms with Crippen molar-refractivity contribution in [1.82, 2.24) is 0 Å². The molecule has 4 N–H and O–H groups in total. The molecule has 0 aromatic heterocycles. The minimum Gasteiger partial charge on any atom is -0.396 e. The van der Waals surface area contributed by atoms with E-state index in [1.807, 2.05) is 19.9 Å².